The Morgan fingerprint density at radius 3 is 2.71 bits per heavy atom. The molecule has 0 unspecified atom stereocenters. The molecular weight excluding hydrogens is 354 g/mol. The highest BCUT2D eigenvalue weighted by molar-refractivity contribution is 5.91. The van der Waals surface area contributed by atoms with Crippen LogP contribution in [0.4, 0.5) is 0 Å². The van der Waals surface area contributed by atoms with Gasteiger partial charge in [0.1, 0.15) is 16.9 Å². The fraction of sp³-hybridized carbons (Fsp3) is 0.143. The summed E-state index contributed by atoms with van der Waals surface area (Å²) in [6.07, 6.45) is 4.92. The zero-order valence-corrected chi connectivity index (χ0v) is 15.2. The van der Waals surface area contributed by atoms with Crippen LogP contribution in [0.3, 0.4) is 0 Å². The first-order chi connectivity index (χ1) is 13.7. The van der Waals surface area contributed by atoms with Crippen LogP contribution in [0.5, 0.6) is 0 Å². The Morgan fingerprint density at radius 2 is 2.00 bits per heavy atom. The van der Waals surface area contributed by atoms with Gasteiger partial charge in [-0.15, -0.1) is 0 Å². The van der Waals surface area contributed by atoms with Crippen molar-refractivity contribution in [3.63, 3.8) is 0 Å². The summed E-state index contributed by atoms with van der Waals surface area (Å²) in [6.45, 7) is 0.0334. The lowest BCUT2D eigenvalue weighted by atomic mass is 10.1. The second kappa shape index (κ2) is 7.47. The smallest absolute Gasteiger partial charge is 0.261 e. The van der Waals surface area contributed by atoms with Gasteiger partial charge in [-0.05, 0) is 24.1 Å². The third-order valence-corrected chi connectivity index (χ3v) is 4.24. The zero-order chi connectivity index (χ0) is 19.5. The molecule has 0 radical (unpaired) electrons. The van der Waals surface area contributed by atoms with E-state index in [4.69, 9.17) is 0 Å². The van der Waals surface area contributed by atoms with E-state index in [-0.39, 0.29) is 18.7 Å². The number of aliphatic hydroxyl groups excluding tert-OH is 1. The molecule has 7 heteroatoms. The normalized spacial score (nSPS) is 10.6. The minimum atomic E-state index is -0.241. The molecule has 138 valence electrons. The lowest BCUT2D eigenvalue weighted by Gasteiger charge is -2.08. The minimum Gasteiger partial charge on any atom is -0.395 e. The largest absolute Gasteiger partial charge is 0.395 e. The summed E-state index contributed by atoms with van der Waals surface area (Å²) >= 11 is 0. The van der Waals surface area contributed by atoms with E-state index in [2.05, 4.69) is 26.9 Å². The molecule has 0 spiro atoms. The van der Waals surface area contributed by atoms with E-state index in [1.54, 1.807) is 16.9 Å². The molecule has 0 aliphatic rings. The third-order valence-electron chi connectivity index (χ3n) is 4.24. The molecule has 3 heterocycles. The number of benzene rings is 1. The topological polar surface area (TPSA) is 85.8 Å². The fourth-order valence-electron chi connectivity index (χ4n) is 2.90. The second-order valence-corrected chi connectivity index (χ2v) is 6.24. The molecule has 0 bridgehead atoms. The van der Waals surface area contributed by atoms with E-state index in [1.807, 2.05) is 43.6 Å². The molecule has 0 amide bonds. The van der Waals surface area contributed by atoms with Gasteiger partial charge in [-0.1, -0.05) is 24.1 Å². The molecule has 0 aliphatic carbocycles. The number of hydrogen-bond donors (Lipinski definition) is 1. The van der Waals surface area contributed by atoms with Crippen molar-refractivity contribution >= 4 is 10.9 Å². The average molecular weight is 371 g/mol. The Balaban J connectivity index is 1.94. The van der Waals surface area contributed by atoms with Crippen molar-refractivity contribution < 1.29 is 5.11 Å². The van der Waals surface area contributed by atoms with Gasteiger partial charge in [-0.2, -0.15) is 5.10 Å². The standard InChI is InChI=1S/C21H17N5O2/c1-25-13-16(12-23-25)19-20-18(21(28)26(9-10-27)14-22-20)11-17(24-19)8-7-15-5-3-2-4-6-15/h2-6,11-14,27H,9-10H2,1H3. The molecule has 1 N–H and O–H groups in total. The van der Waals surface area contributed by atoms with E-state index < -0.39 is 0 Å². The summed E-state index contributed by atoms with van der Waals surface area (Å²) in [6, 6.07) is 11.2. The molecule has 0 aliphatic heterocycles. The van der Waals surface area contributed by atoms with Crippen molar-refractivity contribution in [2.45, 2.75) is 6.54 Å². The molecule has 0 saturated carbocycles. The molecule has 4 aromatic rings. The van der Waals surface area contributed by atoms with Crippen molar-refractivity contribution in [1.29, 1.82) is 0 Å². The van der Waals surface area contributed by atoms with Gasteiger partial charge < -0.3 is 5.11 Å². The maximum atomic E-state index is 12.8. The minimum absolute atomic E-state index is 0.145. The zero-order valence-electron chi connectivity index (χ0n) is 15.2. The number of aromatic nitrogens is 5. The van der Waals surface area contributed by atoms with Crippen LogP contribution < -0.4 is 5.56 Å². The Bertz CT molecular complexity index is 1260. The van der Waals surface area contributed by atoms with Crippen LogP contribution in [-0.4, -0.2) is 36.0 Å². The second-order valence-electron chi connectivity index (χ2n) is 6.24. The van der Waals surface area contributed by atoms with E-state index in [9.17, 15) is 9.90 Å². The number of aliphatic hydroxyl groups is 1. The Labute approximate surface area is 160 Å². The van der Waals surface area contributed by atoms with Gasteiger partial charge in [0.25, 0.3) is 5.56 Å². The molecule has 7 nitrogen and oxygen atoms in total. The molecule has 0 saturated heterocycles. The number of hydrogen-bond acceptors (Lipinski definition) is 5. The number of fused-ring (bicyclic) bond motifs is 1. The average Bonchev–Trinajstić information content (AvgIpc) is 3.15. The number of pyridine rings is 1. The first kappa shape index (κ1) is 17.6. The van der Waals surface area contributed by atoms with E-state index >= 15 is 0 Å². The predicted molar refractivity (Wildman–Crippen MR) is 106 cm³/mol. The van der Waals surface area contributed by atoms with Gasteiger partial charge in [-0.3, -0.25) is 14.0 Å². The van der Waals surface area contributed by atoms with Crippen LogP contribution in [0, 0.1) is 11.8 Å². The van der Waals surface area contributed by atoms with Gasteiger partial charge in [0.15, 0.2) is 0 Å². The summed E-state index contributed by atoms with van der Waals surface area (Å²) in [7, 11) is 1.81. The first-order valence-corrected chi connectivity index (χ1v) is 8.73. The molecule has 4 rings (SSSR count). The molecule has 1 aromatic carbocycles. The monoisotopic (exact) mass is 371 g/mol. The highest BCUT2D eigenvalue weighted by Crippen LogP contribution is 2.24. The van der Waals surface area contributed by atoms with Crippen LogP contribution in [0.1, 0.15) is 11.3 Å². The van der Waals surface area contributed by atoms with Gasteiger partial charge >= 0.3 is 0 Å². The van der Waals surface area contributed by atoms with Crippen molar-refractivity contribution in [2.24, 2.45) is 7.05 Å². The predicted octanol–water partition coefficient (Wildman–Crippen LogP) is 1.58. The van der Waals surface area contributed by atoms with Crippen LogP contribution in [0.25, 0.3) is 22.2 Å². The Hall–Kier alpha value is -3.76. The SMILES string of the molecule is Cn1cc(-c2nc(C#Cc3ccccc3)cc3c(=O)n(CCO)cnc23)cn1. The van der Waals surface area contributed by atoms with E-state index in [0.29, 0.717) is 22.3 Å². The van der Waals surface area contributed by atoms with Crippen LogP contribution in [0.2, 0.25) is 0 Å². The molecule has 28 heavy (non-hydrogen) atoms. The lowest BCUT2D eigenvalue weighted by Crippen LogP contribution is -2.22. The number of aryl methyl sites for hydroxylation is 1. The molecular formula is C21H17N5O2. The van der Waals surface area contributed by atoms with Crippen LogP contribution in [-0.2, 0) is 13.6 Å². The van der Waals surface area contributed by atoms with Gasteiger partial charge in [-0.25, -0.2) is 9.97 Å². The van der Waals surface area contributed by atoms with Crippen LogP contribution in [0.15, 0.2) is 59.9 Å². The van der Waals surface area contributed by atoms with Crippen molar-refractivity contribution in [3.8, 4) is 23.1 Å². The number of nitrogens with zero attached hydrogens (tertiary/aromatic N) is 5. The molecule has 0 atom stereocenters. The van der Waals surface area contributed by atoms with E-state index in [1.165, 1.54) is 10.9 Å². The number of rotatable bonds is 3. The van der Waals surface area contributed by atoms with Crippen molar-refractivity contribution in [1.82, 2.24) is 24.3 Å². The first-order valence-electron chi connectivity index (χ1n) is 8.73. The highest BCUT2D eigenvalue weighted by Gasteiger charge is 2.14. The lowest BCUT2D eigenvalue weighted by molar-refractivity contribution is 0.274. The van der Waals surface area contributed by atoms with Crippen molar-refractivity contribution in [3.05, 3.63) is 76.7 Å². The van der Waals surface area contributed by atoms with Crippen molar-refractivity contribution in [2.75, 3.05) is 6.61 Å². The Kier molecular flexibility index (Phi) is 4.70. The summed E-state index contributed by atoms with van der Waals surface area (Å²) < 4.78 is 3.04. The quantitative estimate of drug-likeness (QED) is 0.553. The summed E-state index contributed by atoms with van der Waals surface area (Å²) in [5.74, 6) is 6.10. The van der Waals surface area contributed by atoms with Gasteiger partial charge in [0.2, 0.25) is 0 Å². The van der Waals surface area contributed by atoms with Gasteiger partial charge in [0, 0.05) is 24.4 Å². The van der Waals surface area contributed by atoms with Crippen LogP contribution >= 0.6 is 0 Å². The summed E-state index contributed by atoms with van der Waals surface area (Å²) in [4.78, 5) is 21.9. The van der Waals surface area contributed by atoms with E-state index in [0.717, 1.165) is 11.1 Å². The highest BCUT2D eigenvalue weighted by atomic mass is 16.3. The Morgan fingerprint density at radius 1 is 1.18 bits per heavy atom. The maximum absolute atomic E-state index is 12.8. The third kappa shape index (κ3) is 3.41. The molecule has 3 aromatic heterocycles. The summed E-state index contributed by atoms with van der Waals surface area (Å²) in [5.41, 5.74) is 2.87. The fourth-order valence-corrected chi connectivity index (χ4v) is 2.90. The van der Waals surface area contributed by atoms with Gasteiger partial charge in [0.05, 0.1) is 31.1 Å². The molecule has 0 fully saturated rings. The maximum Gasteiger partial charge on any atom is 0.261 e. The summed E-state index contributed by atoms with van der Waals surface area (Å²) in [5, 5.41) is 13.8.